The van der Waals surface area contributed by atoms with Gasteiger partial charge in [0, 0.05) is 11.6 Å². The summed E-state index contributed by atoms with van der Waals surface area (Å²) < 4.78 is 0.914. The van der Waals surface area contributed by atoms with Crippen LogP contribution in [0.2, 0.25) is 5.28 Å². The van der Waals surface area contributed by atoms with Crippen LogP contribution in [0.4, 0.5) is 0 Å². The fourth-order valence-electron chi connectivity index (χ4n) is 1.20. The molecular weight excluding hydrogens is 266 g/mol. The zero-order valence-electron chi connectivity index (χ0n) is 7.72. The number of fused-ring (bicyclic) bond motifs is 1. The van der Waals surface area contributed by atoms with Gasteiger partial charge >= 0.3 is 0 Å². The number of aromatic nitrogens is 5. The van der Waals surface area contributed by atoms with E-state index in [-0.39, 0.29) is 5.28 Å². The number of aromatic amines is 1. The average Bonchev–Trinajstić information content (AvgIpc) is 2.87. The number of thiazole rings is 1. The highest BCUT2D eigenvalue weighted by Gasteiger charge is 2.10. The molecule has 0 amide bonds. The lowest BCUT2D eigenvalue weighted by Crippen LogP contribution is -1.87. The predicted molar refractivity (Wildman–Crippen MR) is 62.9 cm³/mol. The van der Waals surface area contributed by atoms with E-state index in [1.54, 1.807) is 23.7 Å². The molecule has 0 bridgehead atoms. The van der Waals surface area contributed by atoms with Gasteiger partial charge in [0.1, 0.15) is 5.03 Å². The fourth-order valence-corrected chi connectivity index (χ4v) is 3.05. The number of halogens is 1. The molecule has 80 valence electrons. The van der Waals surface area contributed by atoms with Crippen molar-refractivity contribution in [3.63, 3.8) is 0 Å². The van der Waals surface area contributed by atoms with E-state index >= 15 is 0 Å². The largest absolute Gasteiger partial charge is 0.261 e. The summed E-state index contributed by atoms with van der Waals surface area (Å²) in [6.07, 6.45) is 3.43. The minimum absolute atomic E-state index is 0.204. The summed E-state index contributed by atoms with van der Waals surface area (Å²) in [5, 5.41) is 10.4. The first-order chi connectivity index (χ1) is 7.83. The molecule has 16 heavy (non-hydrogen) atoms. The maximum Gasteiger partial charge on any atom is 0.225 e. The lowest BCUT2D eigenvalue weighted by molar-refractivity contribution is 1.07. The van der Waals surface area contributed by atoms with E-state index in [1.807, 2.05) is 5.38 Å². The summed E-state index contributed by atoms with van der Waals surface area (Å²) >= 11 is 8.83. The van der Waals surface area contributed by atoms with Crippen LogP contribution in [0.5, 0.6) is 0 Å². The molecule has 0 saturated carbocycles. The second-order valence-electron chi connectivity index (χ2n) is 2.83. The summed E-state index contributed by atoms with van der Waals surface area (Å²) in [5.74, 6) is 0. The third kappa shape index (κ3) is 1.77. The monoisotopic (exact) mass is 269 g/mol. The van der Waals surface area contributed by atoms with Crippen LogP contribution in [0, 0.1) is 0 Å². The highest BCUT2D eigenvalue weighted by atomic mass is 35.5. The van der Waals surface area contributed by atoms with Gasteiger partial charge in [0.05, 0.1) is 11.6 Å². The van der Waals surface area contributed by atoms with Crippen LogP contribution >= 0.6 is 34.7 Å². The SMILES string of the molecule is Clc1nc(Sc2nccs2)c2cn[nH]c2n1. The van der Waals surface area contributed by atoms with E-state index < -0.39 is 0 Å². The fraction of sp³-hybridized carbons (Fsp3) is 0. The van der Waals surface area contributed by atoms with Gasteiger partial charge in [-0.15, -0.1) is 11.3 Å². The van der Waals surface area contributed by atoms with Crippen molar-refractivity contribution in [2.75, 3.05) is 0 Å². The Morgan fingerprint density at radius 1 is 1.38 bits per heavy atom. The molecule has 8 heteroatoms. The molecule has 3 rings (SSSR count). The predicted octanol–water partition coefficient (Wildman–Crippen LogP) is 2.61. The Morgan fingerprint density at radius 3 is 3.12 bits per heavy atom. The third-order valence-corrected chi connectivity index (χ3v) is 3.90. The maximum atomic E-state index is 5.82. The molecule has 0 aliphatic heterocycles. The van der Waals surface area contributed by atoms with E-state index in [1.165, 1.54) is 11.8 Å². The highest BCUT2D eigenvalue weighted by molar-refractivity contribution is 8.01. The molecule has 3 heterocycles. The van der Waals surface area contributed by atoms with Crippen molar-refractivity contribution < 1.29 is 0 Å². The quantitative estimate of drug-likeness (QED) is 0.572. The Morgan fingerprint density at radius 2 is 2.31 bits per heavy atom. The minimum Gasteiger partial charge on any atom is -0.261 e. The van der Waals surface area contributed by atoms with Crippen LogP contribution in [-0.4, -0.2) is 25.1 Å². The Balaban J connectivity index is 2.11. The number of hydrogen-bond acceptors (Lipinski definition) is 6. The molecule has 0 unspecified atom stereocenters. The highest BCUT2D eigenvalue weighted by Crippen LogP contribution is 2.32. The number of rotatable bonds is 2. The van der Waals surface area contributed by atoms with Crippen LogP contribution < -0.4 is 0 Å². The van der Waals surface area contributed by atoms with Crippen LogP contribution in [0.25, 0.3) is 11.0 Å². The molecule has 0 spiro atoms. The van der Waals surface area contributed by atoms with Gasteiger partial charge in [0.15, 0.2) is 9.99 Å². The molecule has 3 aromatic heterocycles. The molecule has 0 aliphatic carbocycles. The topological polar surface area (TPSA) is 67.3 Å². The van der Waals surface area contributed by atoms with E-state index in [9.17, 15) is 0 Å². The first-order valence-corrected chi connectivity index (χ1v) is 6.34. The molecule has 3 aromatic rings. The Bertz CT molecular complexity index is 620. The summed E-state index contributed by atoms with van der Waals surface area (Å²) in [4.78, 5) is 12.4. The summed E-state index contributed by atoms with van der Waals surface area (Å²) in [5.41, 5.74) is 0.638. The third-order valence-electron chi connectivity index (χ3n) is 1.84. The van der Waals surface area contributed by atoms with E-state index in [0.717, 1.165) is 14.8 Å². The van der Waals surface area contributed by atoms with Gasteiger partial charge in [-0.2, -0.15) is 10.1 Å². The van der Waals surface area contributed by atoms with Gasteiger partial charge in [-0.1, -0.05) is 0 Å². The maximum absolute atomic E-state index is 5.82. The van der Waals surface area contributed by atoms with Crippen molar-refractivity contribution >= 4 is 45.7 Å². The standard InChI is InChI=1S/C8H4ClN5S2/c9-7-12-5-4(3-11-14-5)6(13-7)16-8-10-1-2-15-8/h1-3H,(H,11,12,13,14). The van der Waals surface area contributed by atoms with Crippen LogP contribution in [0.15, 0.2) is 27.1 Å². The molecule has 5 nitrogen and oxygen atoms in total. The van der Waals surface area contributed by atoms with E-state index in [4.69, 9.17) is 11.6 Å². The lowest BCUT2D eigenvalue weighted by Gasteiger charge is -1.98. The smallest absolute Gasteiger partial charge is 0.225 e. The number of hydrogen-bond donors (Lipinski definition) is 1. The van der Waals surface area contributed by atoms with Gasteiger partial charge in [0.25, 0.3) is 0 Å². The number of H-pyrrole nitrogens is 1. The van der Waals surface area contributed by atoms with Crippen LogP contribution in [-0.2, 0) is 0 Å². The van der Waals surface area contributed by atoms with Gasteiger partial charge < -0.3 is 0 Å². The van der Waals surface area contributed by atoms with E-state index in [2.05, 4.69) is 25.1 Å². The summed E-state index contributed by atoms with van der Waals surface area (Å²) in [6.45, 7) is 0. The molecule has 1 N–H and O–H groups in total. The molecule has 0 aliphatic rings. The molecule has 0 radical (unpaired) electrons. The Labute approximate surface area is 103 Å². The van der Waals surface area contributed by atoms with Crippen LogP contribution in [0.1, 0.15) is 0 Å². The molecule has 0 atom stereocenters. The zero-order valence-corrected chi connectivity index (χ0v) is 10.1. The van der Waals surface area contributed by atoms with Gasteiger partial charge in [-0.25, -0.2) is 9.97 Å². The van der Waals surface area contributed by atoms with E-state index in [0.29, 0.717) is 5.65 Å². The summed E-state index contributed by atoms with van der Waals surface area (Å²) in [6, 6.07) is 0. The van der Waals surface area contributed by atoms with Crippen molar-refractivity contribution in [1.82, 2.24) is 25.1 Å². The Kier molecular flexibility index (Phi) is 2.50. The molecule has 0 saturated heterocycles. The minimum atomic E-state index is 0.204. The molecular formula is C8H4ClN5S2. The first-order valence-electron chi connectivity index (χ1n) is 4.27. The Hall–Kier alpha value is -1.18. The van der Waals surface area contributed by atoms with Gasteiger partial charge in [-0.05, 0) is 23.4 Å². The second-order valence-corrected chi connectivity index (χ2v) is 5.30. The van der Waals surface area contributed by atoms with Crippen LogP contribution in [0.3, 0.4) is 0 Å². The average molecular weight is 270 g/mol. The molecule has 0 aromatic carbocycles. The first kappa shape index (κ1) is 10.0. The lowest BCUT2D eigenvalue weighted by atomic mass is 10.4. The number of nitrogens with zero attached hydrogens (tertiary/aromatic N) is 4. The van der Waals surface area contributed by atoms with Crippen molar-refractivity contribution in [3.05, 3.63) is 23.1 Å². The van der Waals surface area contributed by atoms with Crippen molar-refractivity contribution in [3.8, 4) is 0 Å². The molecule has 0 fully saturated rings. The van der Waals surface area contributed by atoms with Gasteiger partial charge in [0.2, 0.25) is 5.28 Å². The zero-order chi connectivity index (χ0) is 11.0. The van der Waals surface area contributed by atoms with Crippen molar-refractivity contribution in [2.45, 2.75) is 9.37 Å². The number of nitrogens with one attached hydrogen (secondary N) is 1. The summed E-state index contributed by atoms with van der Waals surface area (Å²) in [7, 11) is 0. The van der Waals surface area contributed by atoms with Gasteiger partial charge in [-0.3, -0.25) is 5.10 Å². The normalized spacial score (nSPS) is 11.1. The van der Waals surface area contributed by atoms with Crippen molar-refractivity contribution in [1.29, 1.82) is 0 Å². The second kappa shape index (κ2) is 4.00. The van der Waals surface area contributed by atoms with Crippen molar-refractivity contribution in [2.24, 2.45) is 0 Å².